The molecule has 1 aromatic rings. The number of aliphatic hydroxyl groups excluding tert-OH is 1. The fourth-order valence-electron chi connectivity index (χ4n) is 3.01. The molecule has 3 unspecified atom stereocenters. The Morgan fingerprint density at radius 3 is 2.65 bits per heavy atom. The zero-order chi connectivity index (χ0) is 14.5. The van der Waals surface area contributed by atoms with Crippen molar-refractivity contribution in [2.24, 2.45) is 5.92 Å². The quantitative estimate of drug-likeness (QED) is 0.897. The predicted molar refractivity (Wildman–Crippen MR) is 80.5 cm³/mol. The highest BCUT2D eigenvalue weighted by molar-refractivity contribution is 5.84. The molecule has 1 aliphatic heterocycles. The third kappa shape index (κ3) is 3.40. The molecular formula is C17H25NO2. The van der Waals surface area contributed by atoms with Gasteiger partial charge in [0.15, 0.2) is 0 Å². The van der Waals surface area contributed by atoms with Crippen molar-refractivity contribution in [1.82, 2.24) is 4.90 Å². The minimum Gasteiger partial charge on any atom is -0.393 e. The van der Waals surface area contributed by atoms with Gasteiger partial charge in [0.1, 0.15) is 0 Å². The fraction of sp³-hybridized carbons (Fsp3) is 0.588. The van der Waals surface area contributed by atoms with Crippen LogP contribution >= 0.6 is 0 Å². The number of benzene rings is 1. The van der Waals surface area contributed by atoms with Gasteiger partial charge >= 0.3 is 0 Å². The molecule has 3 heteroatoms. The maximum Gasteiger partial charge on any atom is 0.230 e. The van der Waals surface area contributed by atoms with Crippen LogP contribution in [0.5, 0.6) is 0 Å². The summed E-state index contributed by atoms with van der Waals surface area (Å²) in [4.78, 5) is 14.7. The molecule has 1 aromatic carbocycles. The van der Waals surface area contributed by atoms with E-state index in [0.717, 1.165) is 31.4 Å². The van der Waals surface area contributed by atoms with Crippen molar-refractivity contribution in [2.45, 2.75) is 45.1 Å². The minimum absolute atomic E-state index is 0.0334. The molecular weight excluding hydrogens is 250 g/mol. The molecule has 2 rings (SSSR count). The van der Waals surface area contributed by atoms with Gasteiger partial charge in [0.2, 0.25) is 5.91 Å². The van der Waals surface area contributed by atoms with E-state index in [0.29, 0.717) is 6.54 Å². The van der Waals surface area contributed by atoms with Crippen LogP contribution in [0.1, 0.15) is 44.6 Å². The summed E-state index contributed by atoms with van der Waals surface area (Å²) < 4.78 is 0. The Morgan fingerprint density at radius 1 is 1.40 bits per heavy atom. The average molecular weight is 275 g/mol. The average Bonchev–Trinajstić information content (AvgIpc) is 2.95. The van der Waals surface area contributed by atoms with Crippen LogP contribution < -0.4 is 0 Å². The molecule has 1 heterocycles. The van der Waals surface area contributed by atoms with E-state index in [-0.39, 0.29) is 23.8 Å². The van der Waals surface area contributed by atoms with Gasteiger partial charge in [-0.1, -0.05) is 43.7 Å². The summed E-state index contributed by atoms with van der Waals surface area (Å²) in [6.45, 7) is 5.41. The van der Waals surface area contributed by atoms with Crippen LogP contribution in [0.3, 0.4) is 0 Å². The predicted octanol–water partition coefficient (Wildman–Crippen LogP) is 2.80. The number of nitrogens with zero attached hydrogens (tertiary/aromatic N) is 1. The van der Waals surface area contributed by atoms with Crippen LogP contribution in [-0.4, -0.2) is 35.1 Å². The van der Waals surface area contributed by atoms with Crippen molar-refractivity contribution in [3.63, 3.8) is 0 Å². The normalized spacial score (nSPS) is 21.8. The summed E-state index contributed by atoms with van der Waals surface area (Å²) in [6.07, 6.45) is 2.48. The number of carbonyl (C=O) groups is 1. The van der Waals surface area contributed by atoms with Gasteiger partial charge in [-0.05, 0) is 25.3 Å². The van der Waals surface area contributed by atoms with Crippen molar-refractivity contribution in [1.29, 1.82) is 0 Å². The molecule has 1 fully saturated rings. The second kappa shape index (κ2) is 6.89. The Kier molecular flexibility index (Phi) is 5.18. The van der Waals surface area contributed by atoms with E-state index < -0.39 is 0 Å². The molecule has 0 bridgehead atoms. The van der Waals surface area contributed by atoms with E-state index in [2.05, 4.69) is 6.92 Å². The lowest BCUT2D eigenvalue weighted by Gasteiger charge is -2.24. The molecule has 1 saturated heterocycles. The van der Waals surface area contributed by atoms with Gasteiger partial charge in [-0.2, -0.15) is 0 Å². The Balaban J connectivity index is 2.09. The number of aliphatic hydroxyl groups is 1. The summed E-state index contributed by atoms with van der Waals surface area (Å²) >= 11 is 0. The van der Waals surface area contributed by atoms with Crippen molar-refractivity contribution in [3.05, 3.63) is 35.9 Å². The minimum atomic E-state index is -0.325. The SMILES string of the molecule is CCCC(C(=O)N1CCC(C(C)O)C1)c1ccccc1. The highest BCUT2D eigenvalue weighted by Gasteiger charge is 2.32. The smallest absolute Gasteiger partial charge is 0.230 e. The fourth-order valence-corrected chi connectivity index (χ4v) is 3.01. The lowest BCUT2D eigenvalue weighted by molar-refractivity contribution is -0.132. The number of amides is 1. The summed E-state index contributed by atoms with van der Waals surface area (Å²) in [5, 5.41) is 9.67. The van der Waals surface area contributed by atoms with Gasteiger partial charge in [-0.3, -0.25) is 4.79 Å². The first-order valence-electron chi connectivity index (χ1n) is 7.65. The largest absolute Gasteiger partial charge is 0.393 e. The van der Waals surface area contributed by atoms with Crippen molar-refractivity contribution >= 4 is 5.91 Å². The van der Waals surface area contributed by atoms with E-state index in [1.165, 1.54) is 0 Å². The maximum atomic E-state index is 12.7. The van der Waals surface area contributed by atoms with Gasteiger partial charge in [-0.15, -0.1) is 0 Å². The third-order valence-electron chi connectivity index (χ3n) is 4.30. The number of rotatable bonds is 5. The molecule has 0 aliphatic carbocycles. The third-order valence-corrected chi connectivity index (χ3v) is 4.30. The van der Waals surface area contributed by atoms with E-state index in [1.807, 2.05) is 42.2 Å². The zero-order valence-corrected chi connectivity index (χ0v) is 12.5. The first-order valence-corrected chi connectivity index (χ1v) is 7.65. The lowest BCUT2D eigenvalue weighted by atomic mass is 9.93. The van der Waals surface area contributed by atoms with Crippen LogP contribution in [0.25, 0.3) is 0 Å². The lowest BCUT2D eigenvalue weighted by Crippen LogP contribution is -2.34. The maximum absolute atomic E-state index is 12.7. The topological polar surface area (TPSA) is 40.5 Å². The van der Waals surface area contributed by atoms with Crippen LogP contribution in [0, 0.1) is 5.92 Å². The molecule has 1 amide bonds. The Morgan fingerprint density at radius 2 is 2.10 bits per heavy atom. The zero-order valence-electron chi connectivity index (χ0n) is 12.5. The number of carbonyl (C=O) groups excluding carboxylic acids is 1. The van der Waals surface area contributed by atoms with Gasteiger partial charge in [-0.25, -0.2) is 0 Å². The number of hydrogen-bond acceptors (Lipinski definition) is 2. The van der Waals surface area contributed by atoms with Gasteiger partial charge < -0.3 is 10.0 Å². The second-order valence-electron chi connectivity index (χ2n) is 5.83. The van der Waals surface area contributed by atoms with Crippen LogP contribution in [0.15, 0.2) is 30.3 Å². The molecule has 110 valence electrons. The standard InChI is InChI=1S/C17H25NO2/c1-3-7-16(14-8-5-4-6-9-14)17(20)18-11-10-15(12-18)13(2)19/h4-6,8-9,13,15-16,19H,3,7,10-12H2,1-2H3. The first kappa shape index (κ1) is 15.0. The van der Waals surface area contributed by atoms with Crippen LogP contribution in [-0.2, 0) is 4.79 Å². The summed E-state index contributed by atoms with van der Waals surface area (Å²) in [5.41, 5.74) is 1.11. The Bertz CT molecular complexity index is 430. The Hall–Kier alpha value is -1.35. The highest BCUT2D eigenvalue weighted by atomic mass is 16.3. The van der Waals surface area contributed by atoms with E-state index in [1.54, 1.807) is 0 Å². The molecule has 1 N–H and O–H groups in total. The molecule has 3 atom stereocenters. The molecule has 0 radical (unpaired) electrons. The highest BCUT2D eigenvalue weighted by Crippen LogP contribution is 2.28. The van der Waals surface area contributed by atoms with Gasteiger partial charge in [0.25, 0.3) is 0 Å². The summed E-state index contributed by atoms with van der Waals surface area (Å²) in [6, 6.07) is 10.1. The molecule has 1 aliphatic rings. The second-order valence-corrected chi connectivity index (χ2v) is 5.83. The summed E-state index contributed by atoms with van der Waals surface area (Å²) in [5.74, 6) is 0.423. The van der Waals surface area contributed by atoms with E-state index >= 15 is 0 Å². The van der Waals surface area contributed by atoms with E-state index in [9.17, 15) is 9.90 Å². The van der Waals surface area contributed by atoms with Crippen molar-refractivity contribution in [2.75, 3.05) is 13.1 Å². The molecule has 0 aromatic heterocycles. The first-order chi connectivity index (χ1) is 9.63. The molecule has 0 saturated carbocycles. The Labute approximate surface area is 121 Å². The number of hydrogen-bond donors (Lipinski definition) is 1. The summed E-state index contributed by atoms with van der Waals surface area (Å²) in [7, 11) is 0. The van der Waals surface area contributed by atoms with E-state index in [4.69, 9.17) is 0 Å². The van der Waals surface area contributed by atoms with Crippen LogP contribution in [0.2, 0.25) is 0 Å². The van der Waals surface area contributed by atoms with Crippen molar-refractivity contribution < 1.29 is 9.90 Å². The number of likely N-dealkylation sites (tertiary alicyclic amines) is 1. The van der Waals surface area contributed by atoms with Crippen molar-refractivity contribution in [3.8, 4) is 0 Å². The van der Waals surface area contributed by atoms with Crippen LogP contribution in [0.4, 0.5) is 0 Å². The molecule has 20 heavy (non-hydrogen) atoms. The monoisotopic (exact) mass is 275 g/mol. The molecule has 3 nitrogen and oxygen atoms in total. The van der Waals surface area contributed by atoms with Gasteiger partial charge in [0.05, 0.1) is 12.0 Å². The molecule has 0 spiro atoms. The van der Waals surface area contributed by atoms with Gasteiger partial charge in [0, 0.05) is 19.0 Å².